The van der Waals surface area contributed by atoms with Gasteiger partial charge in [-0.2, -0.15) is 0 Å². The van der Waals surface area contributed by atoms with Gasteiger partial charge in [0.05, 0.1) is 0 Å². The summed E-state index contributed by atoms with van der Waals surface area (Å²) in [7, 11) is 0. The zero-order valence-corrected chi connectivity index (χ0v) is 12.3. The summed E-state index contributed by atoms with van der Waals surface area (Å²) in [6, 6.07) is 5.91. The predicted molar refractivity (Wildman–Crippen MR) is 76.3 cm³/mol. The monoisotopic (exact) mass is 282 g/mol. The Hall–Kier alpha value is -1.55. The highest BCUT2D eigenvalue weighted by atomic mass is 35.5. The second-order valence-electron chi connectivity index (χ2n) is 5.44. The van der Waals surface area contributed by atoms with E-state index in [1.165, 1.54) is 0 Å². The average Bonchev–Trinajstić information content (AvgIpc) is 2.27. The third kappa shape index (κ3) is 5.30. The molecule has 0 spiro atoms. The van der Waals surface area contributed by atoms with Crippen LogP contribution >= 0.6 is 11.6 Å². The topological polar surface area (TPSA) is 58.2 Å². The molecular weight excluding hydrogens is 264 g/mol. The fourth-order valence-electron chi connectivity index (χ4n) is 1.42. The number of rotatable bonds is 3. The molecule has 0 saturated carbocycles. The van der Waals surface area contributed by atoms with E-state index in [0.29, 0.717) is 10.6 Å². The van der Waals surface area contributed by atoms with Crippen LogP contribution < -0.4 is 10.6 Å². The molecule has 1 aromatic carbocycles. The van der Waals surface area contributed by atoms with Crippen molar-refractivity contribution in [2.75, 3.05) is 0 Å². The molecule has 19 heavy (non-hydrogen) atoms. The number of amides is 2. The van der Waals surface area contributed by atoms with Gasteiger partial charge < -0.3 is 10.6 Å². The van der Waals surface area contributed by atoms with Crippen LogP contribution in [0.25, 0.3) is 0 Å². The molecule has 5 heteroatoms. The van der Waals surface area contributed by atoms with Crippen LogP contribution in [0.1, 0.15) is 38.1 Å². The molecule has 2 amide bonds. The first kappa shape index (κ1) is 15.5. The van der Waals surface area contributed by atoms with Gasteiger partial charge in [-0.3, -0.25) is 9.59 Å². The van der Waals surface area contributed by atoms with E-state index in [-0.39, 0.29) is 17.4 Å². The molecule has 0 aliphatic rings. The first-order valence-electron chi connectivity index (χ1n) is 6.07. The third-order valence-electron chi connectivity index (χ3n) is 2.35. The summed E-state index contributed by atoms with van der Waals surface area (Å²) >= 11 is 5.75. The van der Waals surface area contributed by atoms with Gasteiger partial charge in [0, 0.05) is 16.1 Å². The molecule has 0 aromatic heterocycles. The van der Waals surface area contributed by atoms with Crippen molar-refractivity contribution >= 4 is 23.4 Å². The van der Waals surface area contributed by atoms with Gasteiger partial charge in [0.2, 0.25) is 5.91 Å². The van der Waals surface area contributed by atoms with Crippen molar-refractivity contribution in [2.45, 2.75) is 39.3 Å². The van der Waals surface area contributed by atoms with Crippen LogP contribution in [0.4, 0.5) is 0 Å². The van der Waals surface area contributed by atoms with Gasteiger partial charge in [0.15, 0.2) is 0 Å². The highest BCUT2D eigenvalue weighted by molar-refractivity contribution is 6.30. The van der Waals surface area contributed by atoms with E-state index in [2.05, 4.69) is 10.6 Å². The van der Waals surface area contributed by atoms with E-state index >= 15 is 0 Å². The first-order chi connectivity index (χ1) is 8.69. The third-order valence-corrected chi connectivity index (χ3v) is 2.60. The highest BCUT2D eigenvalue weighted by Crippen LogP contribution is 2.09. The Morgan fingerprint density at radius 1 is 1.16 bits per heavy atom. The minimum atomic E-state index is -0.595. The molecule has 0 bridgehead atoms. The van der Waals surface area contributed by atoms with Gasteiger partial charge in [-0.15, -0.1) is 0 Å². The van der Waals surface area contributed by atoms with Gasteiger partial charge in [-0.05, 0) is 52.0 Å². The standard InChI is InChI=1S/C14H19ClN2O2/c1-9(12(18)17-14(2,3)4)16-13(19)10-5-7-11(15)8-6-10/h5-9H,1-4H3,(H,16,19)(H,17,18). The number of hydrogen-bond donors (Lipinski definition) is 2. The van der Waals surface area contributed by atoms with Gasteiger partial charge in [0.1, 0.15) is 6.04 Å². The number of nitrogens with one attached hydrogen (secondary N) is 2. The maximum Gasteiger partial charge on any atom is 0.251 e. The molecule has 1 rings (SSSR count). The molecule has 1 atom stereocenters. The molecule has 1 unspecified atom stereocenters. The summed E-state index contributed by atoms with van der Waals surface area (Å²) in [6.07, 6.45) is 0. The average molecular weight is 283 g/mol. The Bertz CT molecular complexity index is 463. The van der Waals surface area contributed by atoms with Crippen molar-refractivity contribution in [2.24, 2.45) is 0 Å². The molecule has 0 aliphatic carbocycles. The van der Waals surface area contributed by atoms with Crippen molar-refractivity contribution in [3.8, 4) is 0 Å². The van der Waals surface area contributed by atoms with Gasteiger partial charge in [-0.1, -0.05) is 11.6 Å². The molecular formula is C14H19ClN2O2. The fourth-order valence-corrected chi connectivity index (χ4v) is 1.55. The van der Waals surface area contributed by atoms with Crippen LogP contribution in [0.2, 0.25) is 5.02 Å². The van der Waals surface area contributed by atoms with Crippen LogP contribution in [0, 0.1) is 0 Å². The van der Waals surface area contributed by atoms with Crippen LogP contribution in [0.3, 0.4) is 0 Å². The van der Waals surface area contributed by atoms with E-state index in [0.717, 1.165) is 0 Å². The van der Waals surface area contributed by atoms with Crippen LogP contribution in [-0.2, 0) is 4.79 Å². The molecule has 2 N–H and O–H groups in total. The first-order valence-corrected chi connectivity index (χ1v) is 6.45. The quantitative estimate of drug-likeness (QED) is 0.894. The van der Waals surface area contributed by atoms with Crippen molar-refractivity contribution in [3.05, 3.63) is 34.9 Å². The van der Waals surface area contributed by atoms with E-state index < -0.39 is 6.04 Å². The Kier molecular flexibility index (Phi) is 4.95. The van der Waals surface area contributed by atoms with Crippen molar-refractivity contribution in [3.63, 3.8) is 0 Å². The lowest BCUT2D eigenvalue weighted by molar-refractivity contribution is -0.124. The minimum absolute atomic E-state index is 0.213. The molecule has 104 valence electrons. The SMILES string of the molecule is CC(NC(=O)c1ccc(Cl)cc1)C(=O)NC(C)(C)C. The second-order valence-corrected chi connectivity index (χ2v) is 5.88. The summed E-state index contributed by atoms with van der Waals surface area (Å²) < 4.78 is 0. The molecule has 0 fully saturated rings. The maximum absolute atomic E-state index is 11.9. The van der Waals surface area contributed by atoms with Crippen LogP contribution in [-0.4, -0.2) is 23.4 Å². The lowest BCUT2D eigenvalue weighted by atomic mass is 10.1. The Labute approximate surface area is 118 Å². The molecule has 1 aromatic rings. The van der Waals surface area contributed by atoms with E-state index in [9.17, 15) is 9.59 Å². The number of halogens is 1. The molecule has 0 saturated heterocycles. The van der Waals surface area contributed by atoms with Gasteiger partial charge >= 0.3 is 0 Å². The van der Waals surface area contributed by atoms with Gasteiger partial charge in [-0.25, -0.2) is 0 Å². The Balaban J connectivity index is 2.61. The number of benzene rings is 1. The molecule has 0 heterocycles. The van der Waals surface area contributed by atoms with Crippen LogP contribution in [0.5, 0.6) is 0 Å². The van der Waals surface area contributed by atoms with Gasteiger partial charge in [0.25, 0.3) is 5.91 Å². The number of hydrogen-bond acceptors (Lipinski definition) is 2. The summed E-state index contributed by atoms with van der Waals surface area (Å²) in [6.45, 7) is 7.31. The van der Waals surface area contributed by atoms with Crippen LogP contribution in [0.15, 0.2) is 24.3 Å². The Morgan fingerprint density at radius 2 is 1.68 bits per heavy atom. The predicted octanol–water partition coefficient (Wildman–Crippen LogP) is 2.37. The fraction of sp³-hybridized carbons (Fsp3) is 0.429. The van der Waals surface area contributed by atoms with Crippen molar-refractivity contribution in [1.82, 2.24) is 10.6 Å². The normalized spacial score (nSPS) is 12.7. The zero-order chi connectivity index (χ0) is 14.6. The van der Waals surface area contributed by atoms with Crippen molar-refractivity contribution < 1.29 is 9.59 Å². The summed E-state index contributed by atoms with van der Waals surface area (Å²) in [5.41, 5.74) is 0.149. The zero-order valence-electron chi connectivity index (χ0n) is 11.6. The lowest BCUT2D eigenvalue weighted by Crippen LogP contribution is -2.50. The van der Waals surface area contributed by atoms with E-state index in [1.54, 1.807) is 31.2 Å². The maximum atomic E-state index is 11.9. The summed E-state index contributed by atoms with van der Waals surface area (Å²) in [5, 5.41) is 6.02. The van der Waals surface area contributed by atoms with E-state index in [4.69, 9.17) is 11.6 Å². The molecule has 4 nitrogen and oxygen atoms in total. The van der Waals surface area contributed by atoms with E-state index in [1.807, 2.05) is 20.8 Å². The largest absolute Gasteiger partial charge is 0.350 e. The number of carbonyl (C=O) groups excluding carboxylic acids is 2. The second kappa shape index (κ2) is 6.06. The molecule has 0 radical (unpaired) electrons. The summed E-state index contributed by atoms with van der Waals surface area (Å²) in [5.74, 6) is -0.511. The lowest BCUT2D eigenvalue weighted by Gasteiger charge is -2.23. The highest BCUT2D eigenvalue weighted by Gasteiger charge is 2.20. The molecule has 0 aliphatic heterocycles. The number of carbonyl (C=O) groups is 2. The summed E-state index contributed by atoms with van der Waals surface area (Å²) in [4.78, 5) is 23.7. The smallest absolute Gasteiger partial charge is 0.251 e. The minimum Gasteiger partial charge on any atom is -0.350 e. The van der Waals surface area contributed by atoms with Crippen molar-refractivity contribution in [1.29, 1.82) is 0 Å². The Morgan fingerprint density at radius 3 is 2.16 bits per heavy atom.